The molecule has 4 aromatic rings. The molecule has 4 rings (SSSR count). The Hall–Kier alpha value is -3.49. The van der Waals surface area contributed by atoms with E-state index in [-0.39, 0.29) is 46.1 Å². The van der Waals surface area contributed by atoms with E-state index >= 15 is 0 Å². The summed E-state index contributed by atoms with van der Waals surface area (Å²) in [6.07, 6.45) is 0.782. The van der Waals surface area contributed by atoms with E-state index in [0.29, 0.717) is 23.5 Å². The van der Waals surface area contributed by atoms with Crippen LogP contribution in [0.15, 0.2) is 43.0 Å². The van der Waals surface area contributed by atoms with E-state index in [0.717, 1.165) is 31.9 Å². The van der Waals surface area contributed by atoms with E-state index in [9.17, 15) is 26.7 Å². The van der Waals surface area contributed by atoms with Gasteiger partial charge in [0.05, 0.1) is 28.0 Å². The monoisotopic (exact) mass is 620 g/mol. The van der Waals surface area contributed by atoms with Crippen LogP contribution in [0.3, 0.4) is 0 Å². The minimum atomic E-state index is -4.88. The van der Waals surface area contributed by atoms with Crippen molar-refractivity contribution in [1.82, 2.24) is 29.5 Å². The Morgan fingerprint density at radius 1 is 1.12 bits per heavy atom. The Kier molecular flexibility index (Phi) is 10.9. The lowest BCUT2D eigenvalue weighted by atomic mass is 10.1. The van der Waals surface area contributed by atoms with Crippen molar-refractivity contribution in [2.45, 2.75) is 44.8 Å². The number of nitrogens with one attached hydrogen (secondary N) is 2. The molecular formula is C25H27Cl2F5N8O. The van der Waals surface area contributed by atoms with Crippen LogP contribution in [0.5, 0.6) is 0 Å². The van der Waals surface area contributed by atoms with Crippen LogP contribution in [0.4, 0.5) is 33.5 Å². The number of anilines is 2. The van der Waals surface area contributed by atoms with Gasteiger partial charge in [-0.05, 0) is 37.6 Å². The largest absolute Gasteiger partial charge is 0.435 e. The second kappa shape index (κ2) is 13.9. The van der Waals surface area contributed by atoms with Crippen molar-refractivity contribution in [2.24, 2.45) is 5.73 Å². The van der Waals surface area contributed by atoms with E-state index < -0.39 is 30.4 Å². The second-order valence-corrected chi connectivity index (χ2v) is 9.30. The van der Waals surface area contributed by atoms with Gasteiger partial charge in [0.1, 0.15) is 6.54 Å². The molecule has 1 aromatic carbocycles. The summed E-state index contributed by atoms with van der Waals surface area (Å²) in [5, 5.41) is 9.34. The van der Waals surface area contributed by atoms with Crippen molar-refractivity contribution in [1.29, 1.82) is 0 Å². The predicted octanol–water partition coefficient (Wildman–Crippen LogP) is 5.94. The first-order valence-electron chi connectivity index (χ1n) is 12.4. The molecule has 0 saturated heterocycles. The SMILES string of the molecule is Cl.NCCCCCCNC(=O)c1ccc(Nc2nccn3c(-c4cn(CC(F)F)nc4C(F)(F)F)cnc23)cc1Cl. The highest BCUT2D eigenvalue weighted by Gasteiger charge is 2.38. The number of rotatable bonds is 12. The standard InChI is InChI=1S/C25H26ClF5N8O.ClH/c26-18-11-15(5-6-16(18)24(40)34-8-4-2-1-3-7-32)36-22-23-35-12-19(39(23)10-9-33-22)17-13-38(14-20(27)28)37-21(17)25(29,30)31;/h5-6,9-13,20H,1-4,7-8,14,32H2,(H,33,36)(H,34,40);1H. The lowest BCUT2D eigenvalue weighted by Gasteiger charge is -2.11. The maximum atomic E-state index is 13.7. The number of fused-ring (bicyclic) bond motifs is 1. The first-order chi connectivity index (χ1) is 19.1. The molecular weight excluding hydrogens is 594 g/mol. The van der Waals surface area contributed by atoms with E-state index in [1.165, 1.54) is 29.1 Å². The van der Waals surface area contributed by atoms with Crippen molar-refractivity contribution in [3.63, 3.8) is 0 Å². The van der Waals surface area contributed by atoms with Gasteiger partial charge in [-0.2, -0.15) is 18.3 Å². The molecule has 16 heteroatoms. The molecule has 9 nitrogen and oxygen atoms in total. The van der Waals surface area contributed by atoms with Crippen LogP contribution in [0.25, 0.3) is 16.9 Å². The van der Waals surface area contributed by atoms with Gasteiger partial charge < -0.3 is 16.4 Å². The number of halogens is 7. The van der Waals surface area contributed by atoms with Gasteiger partial charge in [0.15, 0.2) is 17.2 Å². The van der Waals surface area contributed by atoms with Gasteiger partial charge in [-0.1, -0.05) is 24.4 Å². The molecule has 0 unspecified atom stereocenters. The summed E-state index contributed by atoms with van der Waals surface area (Å²) in [7, 11) is 0. The number of carbonyl (C=O) groups excluding carboxylic acids is 1. The van der Waals surface area contributed by atoms with Crippen LogP contribution in [0.1, 0.15) is 41.7 Å². The van der Waals surface area contributed by atoms with E-state index in [1.54, 1.807) is 12.1 Å². The molecule has 0 fully saturated rings. The molecule has 3 heterocycles. The maximum absolute atomic E-state index is 13.7. The van der Waals surface area contributed by atoms with Gasteiger partial charge >= 0.3 is 6.18 Å². The van der Waals surface area contributed by atoms with Gasteiger partial charge in [0.25, 0.3) is 12.3 Å². The number of hydrogen-bond donors (Lipinski definition) is 3. The summed E-state index contributed by atoms with van der Waals surface area (Å²) in [6.45, 7) is 0.158. The Labute approximate surface area is 242 Å². The van der Waals surface area contributed by atoms with Gasteiger partial charge in [0, 0.05) is 30.8 Å². The lowest BCUT2D eigenvalue weighted by molar-refractivity contribution is -0.141. The molecule has 0 radical (unpaired) electrons. The van der Waals surface area contributed by atoms with Gasteiger partial charge in [0.2, 0.25) is 0 Å². The molecule has 0 saturated carbocycles. The third-order valence-electron chi connectivity index (χ3n) is 5.95. The number of aromatic nitrogens is 5. The number of nitrogens with two attached hydrogens (primary N) is 1. The van der Waals surface area contributed by atoms with E-state index in [2.05, 4.69) is 25.7 Å². The van der Waals surface area contributed by atoms with Gasteiger partial charge in [-0.15, -0.1) is 12.4 Å². The highest BCUT2D eigenvalue weighted by Crippen LogP contribution is 2.37. The molecule has 0 atom stereocenters. The highest BCUT2D eigenvalue weighted by atomic mass is 35.5. The average Bonchev–Trinajstić information content (AvgIpc) is 3.50. The van der Waals surface area contributed by atoms with E-state index in [1.807, 2.05) is 0 Å². The van der Waals surface area contributed by atoms with Crippen LogP contribution in [-0.2, 0) is 12.7 Å². The zero-order valence-corrected chi connectivity index (χ0v) is 23.0. The summed E-state index contributed by atoms with van der Waals surface area (Å²) in [4.78, 5) is 20.9. The van der Waals surface area contributed by atoms with Crippen molar-refractivity contribution in [3.05, 3.63) is 59.3 Å². The summed E-state index contributed by atoms with van der Waals surface area (Å²) >= 11 is 6.35. The smallest absolute Gasteiger partial charge is 0.352 e. The molecule has 4 N–H and O–H groups in total. The Morgan fingerprint density at radius 2 is 1.88 bits per heavy atom. The van der Waals surface area contributed by atoms with E-state index in [4.69, 9.17) is 17.3 Å². The topological polar surface area (TPSA) is 115 Å². The molecule has 0 aliphatic rings. The maximum Gasteiger partial charge on any atom is 0.435 e. The van der Waals surface area contributed by atoms with Crippen LogP contribution < -0.4 is 16.4 Å². The molecule has 0 bridgehead atoms. The average molecular weight is 621 g/mol. The van der Waals surface area contributed by atoms with Crippen molar-refractivity contribution >= 4 is 47.1 Å². The third-order valence-corrected chi connectivity index (χ3v) is 6.26. The Bertz CT molecular complexity index is 1470. The summed E-state index contributed by atoms with van der Waals surface area (Å²) in [5.41, 5.74) is 4.64. The fourth-order valence-corrected chi connectivity index (χ4v) is 4.36. The molecule has 1 amide bonds. The number of nitrogens with zero attached hydrogens (tertiary/aromatic N) is 5. The molecule has 0 spiro atoms. The Morgan fingerprint density at radius 3 is 2.56 bits per heavy atom. The van der Waals surface area contributed by atoms with Gasteiger partial charge in [-0.25, -0.2) is 18.7 Å². The van der Waals surface area contributed by atoms with Crippen molar-refractivity contribution in [3.8, 4) is 11.3 Å². The number of amides is 1. The van der Waals surface area contributed by atoms with Crippen LogP contribution in [0, 0.1) is 0 Å². The Balaban J connectivity index is 0.00000462. The highest BCUT2D eigenvalue weighted by molar-refractivity contribution is 6.34. The van der Waals surface area contributed by atoms with Crippen LogP contribution >= 0.6 is 24.0 Å². The summed E-state index contributed by atoms with van der Waals surface area (Å²) < 4.78 is 68.5. The van der Waals surface area contributed by atoms with Crippen LogP contribution in [0.2, 0.25) is 5.02 Å². The fraction of sp³-hybridized carbons (Fsp3) is 0.360. The molecule has 0 aliphatic carbocycles. The quantitative estimate of drug-likeness (QED) is 0.133. The number of benzene rings is 1. The minimum Gasteiger partial charge on any atom is -0.352 e. The fourth-order valence-electron chi connectivity index (χ4n) is 4.09. The first-order valence-corrected chi connectivity index (χ1v) is 12.8. The lowest BCUT2D eigenvalue weighted by Crippen LogP contribution is -2.24. The summed E-state index contributed by atoms with van der Waals surface area (Å²) in [5.74, 6) is -0.130. The van der Waals surface area contributed by atoms with Gasteiger partial charge in [-0.3, -0.25) is 13.9 Å². The molecule has 0 aliphatic heterocycles. The zero-order valence-electron chi connectivity index (χ0n) is 21.5. The number of hydrogen-bond acceptors (Lipinski definition) is 6. The normalized spacial score (nSPS) is 11.6. The first kappa shape index (κ1) is 32.0. The molecule has 3 aromatic heterocycles. The summed E-state index contributed by atoms with van der Waals surface area (Å²) in [6, 6.07) is 4.66. The number of carbonyl (C=O) groups is 1. The number of imidazole rings is 1. The number of alkyl halides is 5. The zero-order chi connectivity index (χ0) is 28.9. The van der Waals surface area contributed by atoms with Crippen molar-refractivity contribution in [2.75, 3.05) is 18.4 Å². The predicted molar refractivity (Wildman–Crippen MR) is 147 cm³/mol. The molecule has 222 valence electrons. The van der Waals surface area contributed by atoms with Crippen LogP contribution in [-0.4, -0.2) is 49.6 Å². The van der Waals surface area contributed by atoms with Crippen molar-refractivity contribution < 1.29 is 26.7 Å². The third kappa shape index (κ3) is 7.83. The molecule has 41 heavy (non-hydrogen) atoms. The minimum absolute atomic E-state index is 0. The number of unbranched alkanes of at least 4 members (excludes halogenated alkanes) is 3. The second-order valence-electron chi connectivity index (χ2n) is 8.89.